The maximum atomic E-state index is 12.5. The van der Waals surface area contributed by atoms with Gasteiger partial charge in [-0.1, -0.05) is 26.0 Å². The van der Waals surface area contributed by atoms with Gasteiger partial charge in [0, 0.05) is 10.4 Å². The van der Waals surface area contributed by atoms with Crippen molar-refractivity contribution < 1.29 is 19.1 Å². The number of ether oxygens (including phenoxy) is 2. The molecule has 1 aromatic carbocycles. The molecular formula is C20H23NO4S. The van der Waals surface area contributed by atoms with Crippen molar-refractivity contribution in [3.63, 3.8) is 0 Å². The van der Waals surface area contributed by atoms with E-state index in [0.29, 0.717) is 28.5 Å². The fraction of sp³-hybridized carbons (Fsp3) is 0.300. The monoisotopic (exact) mass is 373 g/mol. The quantitative estimate of drug-likeness (QED) is 0.511. The molecule has 0 spiro atoms. The number of amides is 1. The lowest BCUT2D eigenvalue weighted by Gasteiger charge is -2.07. The van der Waals surface area contributed by atoms with E-state index in [0.717, 1.165) is 17.7 Å². The summed E-state index contributed by atoms with van der Waals surface area (Å²) in [5.41, 5.74) is 0.885. The van der Waals surface area contributed by atoms with E-state index in [4.69, 9.17) is 9.47 Å². The van der Waals surface area contributed by atoms with Crippen LogP contribution in [0.3, 0.4) is 0 Å². The third kappa shape index (κ3) is 5.20. The van der Waals surface area contributed by atoms with Gasteiger partial charge >= 0.3 is 5.97 Å². The minimum Gasteiger partial charge on any atom is -0.490 e. The molecule has 1 N–H and O–H groups in total. The predicted molar refractivity (Wildman–Crippen MR) is 104 cm³/mol. The zero-order valence-corrected chi connectivity index (χ0v) is 15.9. The molecule has 6 heteroatoms. The first-order valence-corrected chi connectivity index (χ1v) is 9.35. The van der Waals surface area contributed by atoms with Gasteiger partial charge in [-0.3, -0.25) is 4.79 Å². The Kier molecular flexibility index (Phi) is 7.41. The second kappa shape index (κ2) is 9.77. The van der Waals surface area contributed by atoms with E-state index in [1.54, 1.807) is 43.3 Å². The van der Waals surface area contributed by atoms with E-state index in [9.17, 15) is 9.59 Å². The normalized spacial score (nSPS) is 10.2. The lowest BCUT2D eigenvalue weighted by molar-refractivity contribution is 0.0528. The predicted octanol–water partition coefficient (Wildman–Crippen LogP) is 4.69. The number of thiophene rings is 1. The highest BCUT2D eigenvalue weighted by molar-refractivity contribution is 7.16. The molecule has 0 atom stereocenters. The first-order chi connectivity index (χ1) is 12.6. The second-order valence-electron chi connectivity index (χ2n) is 5.50. The Labute approximate surface area is 157 Å². The van der Waals surface area contributed by atoms with Crippen LogP contribution in [0.4, 0.5) is 5.00 Å². The van der Waals surface area contributed by atoms with Crippen LogP contribution in [0.5, 0.6) is 5.75 Å². The summed E-state index contributed by atoms with van der Waals surface area (Å²) in [6.07, 6.45) is 3.47. The molecule has 5 nitrogen and oxygen atoms in total. The number of hydrogen-bond donors (Lipinski definition) is 1. The summed E-state index contributed by atoms with van der Waals surface area (Å²) in [6, 6.07) is 8.61. The number of hydrogen-bond acceptors (Lipinski definition) is 5. The molecule has 1 heterocycles. The topological polar surface area (TPSA) is 64.6 Å². The second-order valence-corrected chi connectivity index (χ2v) is 6.64. The van der Waals surface area contributed by atoms with Crippen LogP contribution in [-0.4, -0.2) is 25.1 Å². The molecule has 0 radical (unpaired) electrons. The van der Waals surface area contributed by atoms with Gasteiger partial charge in [-0.25, -0.2) is 4.79 Å². The van der Waals surface area contributed by atoms with Crippen LogP contribution in [-0.2, 0) is 11.2 Å². The summed E-state index contributed by atoms with van der Waals surface area (Å²) in [4.78, 5) is 25.7. The van der Waals surface area contributed by atoms with Crippen LogP contribution < -0.4 is 10.1 Å². The number of esters is 1. The molecule has 1 aromatic heterocycles. The highest BCUT2D eigenvalue weighted by Crippen LogP contribution is 2.30. The van der Waals surface area contributed by atoms with Crippen LogP contribution in [0, 0.1) is 0 Å². The summed E-state index contributed by atoms with van der Waals surface area (Å²) < 4.78 is 10.5. The van der Waals surface area contributed by atoms with Crippen LogP contribution in [0.1, 0.15) is 45.9 Å². The van der Waals surface area contributed by atoms with Gasteiger partial charge in [0.2, 0.25) is 0 Å². The van der Waals surface area contributed by atoms with Gasteiger partial charge in [-0.2, -0.15) is 0 Å². The minimum atomic E-state index is -0.422. The van der Waals surface area contributed by atoms with Crippen molar-refractivity contribution in [2.75, 3.05) is 18.5 Å². The number of anilines is 1. The van der Waals surface area contributed by atoms with Crippen molar-refractivity contribution in [1.29, 1.82) is 0 Å². The van der Waals surface area contributed by atoms with E-state index in [2.05, 4.69) is 18.8 Å². The Balaban J connectivity index is 2.16. The van der Waals surface area contributed by atoms with Gasteiger partial charge in [0.05, 0.1) is 12.2 Å². The molecule has 2 aromatic rings. The fourth-order valence-electron chi connectivity index (χ4n) is 2.30. The summed E-state index contributed by atoms with van der Waals surface area (Å²) in [5, 5.41) is 3.35. The number of rotatable bonds is 9. The average molecular weight is 373 g/mol. The summed E-state index contributed by atoms with van der Waals surface area (Å²) >= 11 is 1.41. The number of carbonyl (C=O) groups excluding carboxylic acids is 2. The third-order valence-electron chi connectivity index (χ3n) is 3.49. The van der Waals surface area contributed by atoms with Crippen molar-refractivity contribution in [1.82, 2.24) is 0 Å². The lowest BCUT2D eigenvalue weighted by Crippen LogP contribution is -2.14. The molecule has 0 aliphatic carbocycles. The molecule has 0 bridgehead atoms. The number of carbonyl (C=O) groups is 2. The summed E-state index contributed by atoms with van der Waals surface area (Å²) in [7, 11) is 0. The van der Waals surface area contributed by atoms with Crippen molar-refractivity contribution in [3.8, 4) is 5.75 Å². The smallest absolute Gasteiger partial charge is 0.341 e. The van der Waals surface area contributed by atoms with E-state index >= 15 is 0 Å². The molecule has 0 saturated heterocycles. The molecule has 1 amide bonds. The van der Waals surface area contributed by atoms with E-state index in [1.165, 1.54) is 11.3 Å². The highest BCUT2D eigenvalue weighted by Gasteiger charge is 2.19. The lowest BCUT2D eigenvalue weighted by atomic mass is 10.2. The molecule has 26 heavy (non-hydrogen) atoms. The molecule has 0 fully saturated rings. The minimum absolute atomic E-state index is 0.282. The molecule has 0 aliphatic rings. The SMILES string of the molecule is C=CCOc1ccc(C(=O)Nc2sc(CCC)cc2C(=O)OCC)cc1. The fourth-order valence-corrected chi connectivity index (χ4v) is 3.44. The van der Waals surface area contributed by atoms with Crippen molar-refractivity contribution >= 4 is 28.2 Å². The average Bonchev–Trinajstić information content (AvgIpc) is 3.03. The van der Waals surface area contributed by atoms with Crippen LogP contribution in [0.25, 0.3) is 0 Å². The maximum Gasteiger partial charge on any atom is 0.341 e. The molecular weight excluding hydrogens is 350 g/mol. The van der Waals surface area contributed by atoms with Gasteiger partial charge in [-0.15, -0.1) is 11.3 Å². The molecule has 0 aliphatic heterocycles. The largest absolute Gasteiger partial charge is 0.490 e. The number of benzene rings is 1. The highest BCUT2D eigenvalue weighted by atomic mass is 32.1. The Morgan fingerprint density at radius 3 is 2.58 bits per heavy atom. The van der Waals surface area contributed by atoms with Crippen LogP contribution in [0.2, 0.25) is 0 Å². The molecule has 0 saturated carbocycles. The zero-order valence-electron chi connectivity index (χ0n) is 15.0. The van der Waals surface area contributed by atoms with Crippen molar-refractivity contribution in [2.24, 2.45) is 0 Å². The van der Waals surface area contributed by atoms with Gasteiger partial charge in [-0.05, 0) is 43.7 Å². The van der Waals surface area contributed by atoms with Gasteiger partial charge in [0.25, 0.3) is 5.91 Å². The first kappa shape index (κ1) is 19.7. The summed E-state index contributed by atoms with van der Waals surface area (Å²) in [5.74, 6) is -0.0414. The van der Waals surface area contributed by atoms with Gasteiger partial charge in [0.1, 0.15) is 17.4 Å². The Bertz CT molecular complexity index is 765. The number of aryl methyl sites for hydroxylation is 1. The Morgan fingerprint density at radius 1 is 1.23 bits per heavy atom. The van der Waals surface area contributed by atoms with E-state index in [1.807, 2.05) is 0 Å². The standard InChI is InChI=1S/C20H23NO4S/c1-4-7-16-13-17(20(23)24-6-3)19(26-16)21-18(22)14-8-10-15(11-9-14)25-12-5-2/h5,8-11,13H,2,4,6-7,12H2,1,3H3,(H,21,22). The van der Waals surface area contributed by atoms with Crippen molar-refractivity contribution in [3.05, 3.63) is 59.0 Å². The van der Waals surface area contributed by atoms with Gasteiger partial charge in [0.15, 0.2) is 0 Å². The van der Waals surface area contributed by atoms with Gasteiger partial charge < -0.3 is 14.8 Å². The van der Waals surface area contributed by atoms with Crippen LogP contribution >= 0.6 is 11.3 Å². The van der Waals surface area contributed by atoms with Crippen molar-refractivity contribution in [2.45, 2.75) is 26.7 Å². The third-order valence-corrected chi connectivity index (χ3v) is 4.60. The molecule has 138 valence electrons. The van der Waals surface area contributed by atoms with E-state index < -0.39 is 5.97 Å². The molecule has 2 rings (SSSR count). The van der Waals surface area contributed by atoms with E-state index in [-0.39, 0.29) is 12.5 Å². The molecule has 0 unspecified atom stereocenters. The zero-order chi connectivity index (χ0) is 18.9. The van der Waals surface area contributed by atoms with Crippen LogP contribution in [0.15, 0.2) is 43.0 Å². The Hall–Kier alpha value is -2.60. The number of nitrogens with one attached hydrogen (secondary N) is 1. The first-order valence-electron chi connectivity index (χ1n) is 8.54. The maximum absolute atomic E-state index is 12.5. The summed E-state index contributed by atoms with van der Waals surface area (Å²) in [6.45, 7) is 8.11. The Morgan fingerprint density at radius 2 is 1.96 bits per heavy atom.